The summed E-state index contributed by atoms with van der Waals surface area (Å²) in [5.41, 5.74) is 1.06. The molecule has 1 aliphatic heterocycles. The van der Waals surface area contributed by atoms with E-state index in [4.69, 9.17) is 9.47 Å². The van der Waals surface area contributed by atoms with Gasteiger partial charge in [0.1, 0.15) is 0 Å². The average Bonchev–Trinajstić information content (AvgIpc) is 2.70. The SMILES string of the molecule is COC1OC(=O)C=C1Nc1ccc([N+](=O)[O-])cc1. The lowest BCUT2D eigenvalue weighted by atomic mass is 10.2. The molecular formula is C11H10N2O5. The molecule has 0 fully saturated rings. The van der Waals surface area contributed by atoms with Gasteiger partial charge in [-0.2, -0.15) is 0 Å². The summed E-state index contributed by atoms with van der Waals surface area (Å²) in [6.45, 7) is 0. The Bertz CT molecular complexity index is 509. The highest BCUT2D eigenvalue weighted by Gasteiger charge is 2.25. The maximum absolute atomic E-state index is 11.0. The van der Waals surface area contributed by atoms with E-state index in [-0.39, 0.29) is 5.69 Å². The number of nitrogens with one attached hydrogen (secondary N) is 1. The molecule has 0 saturated heterocycles. The number of methoxy groups -OCH3 is 1. The summed E-state index contributed by atoms with van der Waals surface area (Å²) >= 11 is 0. The maximum atomic E-state index is 11.0. The number of non-ortho nitro benzene ring substituents is 1. The second-order valence-electron chi connectivity index (χ2n) is 3.53. The molecule has 0 aliphatic carbocycles. The summed E-state index contributed by atoms with van der Waals surface area (Å²) in [4.78, 5) is 21.1. The van der Waals surface area contributed by atoms with Crippen molar-refractivity contribution < 1.29 is 19.2 Å². The second-order valence-corrected chi connectivity index (χ2v) is 3.53. The molecule has 1 atom stereocenters. The monoisotopic (exact) mass is 250 g/mol. The fourth-order valence-electron chi connectivity index (χ4n) is 1.50. The molecule has 94 valence electrons. The Morgan fingerprint density at radius 3 is 2.61 bits per heavy atom. The number of hydrogen-bond donors (Lipinski definition) is 1. The van der Waals surface area contributed by atoms with Crippen molar-refractivity contribution in [3.8, 4) is 0 Å². The summed E-state index contributed by atoms with van der Waals surface area (Å²) in [6.07, 6.45) is 0.503. The minimum absolute atomic E-state index is 0.00318. The molecule has 7 nitrogen and oxygen atoms in total. The smallest absolute Gasteiger partial charge is 0.335 e. The molecule has 1 N–H and O–H groups in total. The van der Waals surface area contributed by atoms with E-state index in [0.29, 0.717) is 11.4 Å². The summed E-state index contributed by atoms with van der Waals surface area (Å²) in [5.74, 6) is -0.494. The van der Waals surface area contributed by atoms with Gasteiger partial charge in [-0.1, -0.05) is 0 Å². The fraction of sp³-hybridized carbons (Fsp3) is 0.182. The van der Waals surface area contributed by atoms with Crippen LogP contribution in [0.3, 0.4) is 0 Å². The minimum atomic E-state index is -0.771. The van der Waals surface area contributed by atoms with Crippen LogP contribution in [-0.4, -0.2) is 24.3 Å². The molecular weight excluding hydrogens is 240 g/mol. The predicted molar refractivity (Wildman–Crippen MR) is 61.7 cm³/mol. The number of cyclic esters (lactones) is 1. The van der Waals surface area contributed by atoms with E-state index in [2.05, 4.69) is 5.32 Å². The summed E-state index contributed by atoms with van der Waals surface area (Å²) < 4.78 is 9.78. The van der Waals surface area contributed by atoms with E-state index in [1.54, 1.807) is 0 Å². The third-order valence-electron chi connectivity index (χ3n) is 2.33. The Labute approximate surface area is 102 Å². The topological polar surface area (TPSA) is 90.7 Å². The highest BCUT2D eigenvalue weighted by atomic mass is 16.7. The lowest BCUT2D eigenvalue weighted by molar-refractivity contribution is -0.384. The maximum Gasteiger partial charge on any atom is 0.335 e. The van der Waals surface area contributed by atoms with Crippen molar-refractivity contribution in [2.45, 2.75) is 6.29 Å². The van der Waals surface area contributed by atoms with Crippen molar-refractivity contribution in [2.75, 3.05) is 12.4 Å². The molecule has 0 saturated carbocycles. The molecule has 1 aromatic carbocycles. The van der Waals surface area contributed by atoms with Gasteiger partial charge >= 0.3 is 5.97 Å². The van der Waals surface area contributed by atoms with Crippen molar-refractivity contribution in [3.05, 3.63) is 46.2 Å². The zero-order valence-corrected chi connectivity index (χ0v) is 9.45. The largest absolute Gasteiger partial charge is 0.426 e. The Kier molecular flexibility index (Phi) is 3.24. The number of hydrogen-bond acceptors (Lipinski definition) is 6. The molecule has 0 radical (unpaired) electrons. The van der Waals surface area contributed by atoms with Crippen molar-refractivity contribution >= 4 is 17.3 Å². The standard InChI is InChI=1S/C11H10N2O5/c1-17-11-9(6-10(14)18-11)12-7-2-4-8(5-3-7)13(15)16/h2-6,11-12H,1H3. The van der Waals surface area contributed by atoms with Gasteiger partial charge in [-0.25, -0.2) is 4.79 Å². The number of rotatable bonds is 4. The van der Waals surface area contributed by atoms with Crippen LogP contribution in [0.2, 0.25) is 0 Å². The number of ether oxygens (including phenoxy) is 2. The van der Waals surface area contributed by atoms with Gasteiger partial charge < -0.3 is 14.8 Å². The van der Waals surface area contributed by atoms with Gasteiger partial charge in [0.2, 0.25) is 6.29 Å². The van der Waals surface area contributed by atoms with Crippen LogP contribution in [0.15, 0.2) is 36.0 Å². The normalized spacial score (nSPS) is 18.2. The Hall–Kier alpha value is -2.41. The first-order chi connectivity index (χ1) is 8.60. The van der Waals surface area contributed by atoms with E-state index >= 15 is 0 Å². The van der Waals surface area contributed by atoms with Crippen LogP contribution in [0.25, 0.3) is 0 Å². The summed E-state index contributed by atoms with van der Waals surface area (Å²) in [7, 11) is 1.41. The van der Waals surface area contributed by atoms with Crippen LogP contribution in [0.4, 0.5) is 11.4 Å². The van der Waals surface area contributed by atoms with Crippen LogP contribution in [0.5, 0.6) is 0 Å². The molecule has 2 rings (SSSR count). The van der Waals surface area contributed by atoms with Crippen molar-refractivity contribution in [2.24, 2.45) is 0 Å². The van der Waals surface area contributed by atoms with Crippen LogP contribution < -0.4 is 5.32 Å². The number of nitrogens with zero attached hydrogens (tertiary/aromatic N) is 1. The average molecular weight is 250 g/mol. The third-order valence-corrected chi connectivity index (χ3v) is 2.33. The first kappa shape index (κ1) is 12.1. The number of carbonyl (C=O) groups excluding carboxylic acids is 1. The zero-order chi connectivity index (χ0) is 13.1. The van der Waals surface area contributed by atoms with Crippen LogP contribution >= 0.6 is 0 Å². The van der Waals surface area contributed by atoms with Gasteiger partial charge in [0.05, 0.1) is 10.6 Å². The van der Waals surface area contributed by atoms with E-state index in [1.165, 1.54) is 37.5 Å². The molecule has 1 aliphatic rings. The fourth-order valence-corrected chi connectivity index (χ4v) is 1.50. The highest BCUT2D eigenvalue weighted by Crippen LogP contribution is 2.21. The molecule has 0 amide bonds. The van der Waals surface area contributed by atoms with Crippen molar-refractivity contribution in [1.29, 1.82) is 0 Å². The van der Waals surface area contributed by atoms with Gasteiger partial charge in [-0.3, -0.25) is 10.1 Å². The Morgan fingerprint density at radius 2 is 2.06 bits per heavy atom. The molecule has 18 heavy (non-hydrogen) atoms. The Morgan fingerprint density at radius 1 is 1.39 bits per heavy atom. The second kappa shape index (κ2) is 4.84. The quantitative estimate of drug-likeness (QED) is 0.493. The van der Waals surface area contributed by atoms with Gasteiger partial charge in [0.15, 0.2) is 0 Å². The molecule has 7 heteroatoms. The number of nitro groups is 1. The van der Waals surface area contributed by atoms with Crippen molar-refractivity contribution in [1.82, 2.24) is 0 Å². The number of benzene rings is 1. The molecule has 1 heterocycles. The summed E-state index contributed by atoms with van der Waals surface area (Å²) in [6, 6.07) is 5.80. The van der Waals surface area contributed by atoms with Crippen LogP contribution in [0.1, 0.15) is 0 Å². The van der Waals surface area contributed by atoms with Gasteiger partial charge in [-0.15, -0.1) is 0 Å². The van der Waals surface area contributed by atoms with E-state index in [1.807, 2.05) is 0 Å². The number of anilines is 1. The van der Waals surface area contributed by atoms with Crippen molar-refractivity contribution in [3.63, 3.8) is 0 Å². The minimum Gasteiger partial charge on any atom is -0.426 e. The lowest BCUT2D eigenvalue weighted by Crippen LogP contribution is -2.18. The molecule has 0 spiro atoms. The first-order valence-electron chi connectivity index (χ1n) is 5.06. The highest BCUT2D eigenvalue weighted by molar-refractivity contribution is 5.86. The first-order valence-corrected chi connectivity index (χ1v) is 5.06. The predicted octanol–water partition coefficient (Wildman–Crippen LogP) is 1.42. The van der Waals surface area contributed by atoms with Crippen LogP contribution in [-0.2, 0) is 14.3 Å². The third kappa shape index (κ3) is 2.46. The lowest BCUT2D eigenvalue weighted by Gasteiger charge is -2.13. The molecule has 0 aromatic heterocycles. The number of carbonyl (C=O) groups is 1. The van der Waals surface area contributed by atoms with E-state index < -0.39 is 17.2 Å². The summed E-state index contributed by atoms with van der Waals surface area (Å²) in [5, 5.41) is 13.4. The molecule has 1 aromatic rings. The number of nitro benzene ring substituents is 1. The van der Waals surface area contributed by atoms with E-state index in [9.17, 15) is 14.9 Å². The molecule has 1 unspecified atom stereocenters. The zero-order valence-electron chi connectivity index (χ0n) is 9.45. The molecule has 0 bridgehead atoms. The van der Waals surface area contributed by atoms with E-state index in [0.717, 1.165) is 0 Å². The van der Waals surface area contributed by atoms with Gasteiger partial charge in [0, 0.05) is 31.0 Å². The van der Waals surface area contributed by atoms with Crippen LogP contribution in [0, 0.1) is 10.1 Å². The van der Waals surface area contributed by atoms with Gasteiger partial charge in [0.25, 0.3) is 5.69 Å². The Balaban J connectivity index is 2.12. The van der Waals surface area contributed by atoms with Gasteiger partial charge in [-0.05, 0) is 12.1 Å². The number of esters is 1.